The molecule has 0 saturated carbocycles. The fourth-order valence-corrected chi connectivity index (χ4v) is 4.36. The lowest BCUT2D eigenvalue weighted by Gasteiger charge is -2.22. The quantitative estimate of drug-likeness (QED) is 0.247. The Bertz CT molecular complexity index is 1460. The number of rotatable bonds is 8. The number of nitrogens with zero attached hydrogens (tertiary/aromatic N) is 3. The number of carbonyl (C=O) groups excluding carboxylic acids is 2. The molecule has 8 heteroatoms. The summed E-state index contributed by atoms with van der Waals surface area (Å²) in [6, 6.07) is 18.9. The molecule has 0 radical (unpaired) electrons. The molecule has 0 bridgehead atoms. The highest BCUT2D eigenvalue weighted by atomic mass is 16.3. The largest absolute Gasteiger partial charge is 0.467 e. The van der Waals surface area contributed by atoms with Crippen molar-refractivity contribution in [2.24, 2.45) is 0 Å². The first-order valence-corrected chi connectivity index (χ1v) is 13.6. The smallest absolute Gasteiger partial charge is 0.322 e. The van der Waals surface area contributed by atoms with Crippen LogP contribution in [0.4, 0.5) is 16.3 Å². The molecule has 2 N–H and O–H groups in total. The molecule has 0 spiro atoms. The number of aryl methyl sites for hydroxylation is 2. The first kappa shape index (κ1) is 28.7. The number of amides is 3. The number of hydrogen-bond donors (Lipinski definition) is 2. The van der Waals surface area contributed by atoms with E-state index >= 15 is 0 Å². The second-order valence-electron chi connectivity index (χ2n) is 11.6. The van der Waals surface area contributed by atoms with Crippen molar-refractivity contribution in [3.63, 3.8) is 0 Å². The van der Waals surface area contributed by atoms with Gasteiger partial charge in [0, 0.05) is 17.2 Å². The van der Waals surface area contributed by atoms with Gasteiger partial charge in [-0.2, -0.15) is 5.10 Å². The summed E-state index contributed by atoms with van der Waals surface area (Å²) in [5.41, 5.74) is 5.53. The monoisotopic (exact) mass is 541 g/mol. The van der Waals surface area contributed by atoms with Crippen LogP contribution >= 0.6 is 0 Å². The van der Waals surface area contributed by atoms with Crippen molar-refractivity contribution in [3.8, 4) is 5.69 Å². The summed E-state index contributed by atoms with van der Waals surface area (Å²) in [6.45, 7) is 14.5. The molecule has 0 unspecified atom stereocenters. The summed E-state index contributed by atoms with van der Waals surface area (Å²) < 4.78 is 7.24. The molecule has 0 aliphatic heterocycles. The summed E-state index contributed by atoms with van der Waals surface area (Å²) in [5, 5.41) is 10.8. The number of carbonyl (C=O) groups is 2. The van der Waals surface area contributed by atoms with E-state index in [-0.39, 0.29) is 24.4 Å². The molecule has 2 heterocycles. The third kappa shape index (κ3) is 7.00. The van der Waals surface area contributed by atoms with Crippen LogP contribution in [0.1, 0.15) is 68.7 Å². The van der Waals surface area contributed by atoms with Gasteiger partial charge in [-0.25, -0.2) is 9.48 Å². The van der Waals surface area contributed by atoms with Gasteiger partial charge in [0.1, 0.15) is 18.1 Å². The van der Waals surface area contributed by atoms with Gasteiger partial charge >= 0.3 is 6.03 Å². The molecule has 3 amide bonds. The third-order valence-corrected chi connectivity index (χ3v) is 6.70. The van der Waals surface area contributed by atoms with Crippen LogP contribution in [-0.4, -0.2) is 33.2 Å². The minimum absolute atomic E-state index is 0.139. The van der Waals surface area contributed by atoms with Gasteiger partial charge in [0.25, 0.3) is 0 Å². The van der Waals surface area contributed by atoms with Crippen molar-refractivity contribution in [2.45, 2.75) is 66.3 Å². The maximum atomic E-state index is 13.4. The molecule has 2 aromatic carbocycles. The zero-order valence-corrected chi connectivity index (χ0v) is 24.4. The Morgan fingerprint density at radius 3 is 2.33 bits per heavy atom. The maximum Gasteiger partial charge on any atom is 0.322 e. The first-order valence-electron chi connectivity index (χ1n) is 13.6. The SMILES string of the molecule is Cc1ccc(-n2nc(C(C)(C)C)cc2NC(=O)CN(Cc2ccco2)C(=O)Nc2ccc(C(C)C)cc2)c(C)c1. The minimum Gasteiger partial charge on any atom is -0.467 e. The lowest BCUT2D eigenvalue weighted by Crippen LogP contribution is -2.40. The van der Waals surface area contributed by atoms with Gasteiger partial charge < -0.3 is 20.0 Å². The Balaban J connectivity index is 1.57. The van der Waals surface area contributed by atoms with E-state index in [2.05, 4.69) is 51.3 Å². The Morgan fingerprint density at radius 2 is 1.73 bits per heavy atom. The second kappa shape index (κ2) is 11.8. The molecule has 210 valence electrons. The van der Waals surface area contributed by atoms with Crippen molar-refractivity contribution in [1.82, 2.24) is 14.7 Å². The second-order valence-corrected chi connectivity index (χ2v) is 11.6. The molecular weight excluding hydrogens is 502 g/mol. The van der Waals surface area contributed by atoms with Crippen LogP contribution in [0.5, 0.6) is 0 Å². The van der Waals surface area contributed by atoms with Crippen LogP contribution in [0.3, 0.4) is 0 Å². The van der Waals surface area contributed by atoms with Crippen LogP contribution in [-0.2, 0) is 16.8 Å². The Kier molecular flexibility index (Phi) is 8.47. The molecule has 8 nitrogen and oxygen atoms in total. The van der Waals surface area contributed by atoms with E-state index < -0.39 is 6.03 Å². The fourth-order valence-electron chi connectivity index (χ4n) is 4.36. The summed E-state index contributed by atoms with van der Waals surface area (Å²) in [5.74, 6) is 1.17. The third-order valence-electron chi connectivity index (χ3n) is 6.70. The fraction of sp³-hybridized carbons (Fsp3) is 0.344. The van der Waals surface area contributed by atoms with Crippen molar-refractivity contribution in [1.29, 1.82) is 0 Å². The number of benzene rings is 2. The van der Waals surface area contributed by atoms with Crippen LogP contribution in [0.2, 0.25) is 0 Å². The number of aromatic nitrogens is 2. The molecule has 0 atom stereocenters. The van der Waals surface area contributed by atoms with Crippen molar-refractivity contribution < 1.29 is 14.0 Å². The van der Waals surface area contributed by atoms with Crippen LogP contribution < -0.4 is 10.6 Å². The maximum absolute atomic E-state index is 13.4. The van der Waals surface area contributed by atoms with Gasteiger partial charge in [-0.15, -0.1) is 0 Å². The lowest BCUT2D eigenvalue weighted by atomic mass is 9.92. The zero-order valence-electron chi connectivity index (χ0n) is 24.4. The topological polar surface area (TPSA) is 92.4 Å². The molecule has 40 heavy (non-hydrogen) atoms. The highest BCUT2D eigenvalue weighted by molar-refractivity contribution is 5.96. The van der Waals surface area contributed by atoms with Gasteiger partial charge in [-0.1, -0.05) is 64.4 Å². The minimum atomic E-state index is -0.401. The molecular formula is C32H39N5O3. The van der Waals surface area contributed by atoms with E-state index in [1.54, 1.807) is 23.1 Å². The van der Waals surface area contributed by atoms with E-state index in [9.17, 15) is 9.59 Å². The normalized spacial score (nSPS) is 11.5. The van der Waals surface area contributed by atoms with Crippen molar-refractivity contribution >= 4 is 23.4 Å². The average Bonchev–Trinajstić information content (AvgIpc) is 3.54. The molecule has 0 saturated heterocycles. The van der Waals surface area contributed by atoms with Crippen LogP contribution in [0.15, 0.2) is 71.3 Å². The van der Waals surface area contributed by atoms with Gasteiger partial charge in [-0.3, -0.25) is 4.79 Å². The van der Waals surface area contributed by atoms with Gasteiger partial charge in [0.05, 0.1) is 24.2 Å². The van der Waals surface area contributed by atoms with Gasteiger partial charge in [0.15, 0.2) is 0 Å². The Morgan fingerprint density at radius 1 is 1.00 bits per heavy atom. The van der Waals surface area contributed by atoms with Crippen LogP contribution in [0, 0.1) is 13.8 Å². The zero-order chi connectivity index (χ0) is 29.0. The Hall–Kier alpha value is -4.33. The highest BCUT2D eigenvalue weighted by Crippen LogP contribution is 2.28. The molecule has 0 aliphatic carbocycles. The molecule has 4 aromatic rings. The molecule has 0 fully saturated rings. The number of nitrogens with one attached hydrogen (secondary N) is 2. The summed E-state index contributed by atoms with van der Waals surface area (Å²) >= 11 is 0. The number of hydrogen-bond acceptors (Lipinski definition) is 4. The number of urea groups is 1. The van der Waals surface area contributed by atoms with E-state index in [4.69, 9.17) is 9.52 Å². The number of anilines is 2. The Labute approximate surface area is 236 Å². The lowest BCUT2D eigenvalue weighted by molar-refractivity contribution is -0.116. The summed E-state index contributed by atoms with van der Waals surface area (Å²) in [7, 11) is 0. The van der Waals surface area contributed by atoms with Crippen LogP contribution in [0.25, 0.3) is 5.69 Å². The standard InChI is InChI=1S/C32H39N5O3/c1-21(2)24-11-13-25(14-12-24)33-31(39)36(19-26-9-8-16-40-26)20-30(38)34-29-18-28(32(5,6)7)35-37(29)27-15-10-22(3)17-23(27)4/h8-18,21H,19-20H2,1-7H3,(H,33,39)(H,34,38). The molecule has 0 aliphatic rings. The molecule has 2 aromatic heterocycles. The van der Waals surface area contributed by atoms with Gasteiger partial charge in [0.2, 0.25) is 5.91 Å². The highest BCUT2D eigenvalue weighted by Gasteiger charge is 2.24. The summed E-state index contributed by atoms with van der Waals surface area (Å²) in [4.78, 5) is 28.2. The first-order chi connectivity index (χ1) is 18.9. The van der Waals surface area contributed by atoms with Crippen molar-refractivity contribution in [3.05, 3.63) is 95.1 Å². The molecule has 4 rings (SSSR count). The van der Waals surface area contributed by atoms with E-state index in [1.165, 1.54) is 10.5 Å². The van der Waals surface area contributed by atoms with E-state index in [0.29, 0.717) is 23.2 Å². The average molecular weight is 542 g/mol. The predicted molar refractivity (Wildman–Crippen MR) is 159 cm³/mol. The van der Waals surface area contributed by atoms with Crippen molar-refractivity contribution in [2.75, 3.05) is 17.2 Å². The summed E-state index contributed by atoms with van der Waals surface area (Å²) in [6.07, 6.45) is 1.55. The number of furan rings is 1. The van der Waals surface area contributed by atoms with E-state index in [1.807, 2.05) is 56.3 Å². The van der Waals surface area contributed by atoms with E-state index in [0.717, 1.165) is 22.5 Å². The van der Waals surface area contributed by atoms with Gasteiger partial charge in [-0.05, 0) is 61.2 Å². The predicted octanol–water partition coefficient (Wildman–Crippen LogP) is 7.18.